The monoisotopic (exact) mass is 391 g/mol. The minimum atomic E-state index is -2.81. The summed E-state index contributed by atoms with van der Waals surface area (Å²) in [5.74, 6) is -1.71. The molecule has 1 aliphatic carbocycles. The van der Waals surface area contributed by atoms with Crippen molar-refractivity contribution in [2.24, 2.45) is 0 Å². The summed E-state index contributed by atoms with van der Waals surface area (Å²) in [6, 6.07) is 5.38. The first-order valence-corrected chi connectivity index (χ1v) is 8.27. The molecule has 1 N–H and O–H groups in total. The number of hydrogen-bond acceptors (Lipinski definition) is 5. The van der Waals surface area contributed by atoms with Crippen LogP contribution in [0.3, 0.4) is 0 Å². The molecule has 2 heterocycles. The van der Waals surface area contributed by atoms with E-state index in [2.05, 4.69) is 15.4 Å². The Morgan fingerprint density at radius 3 is 2.68 bits per heavy atom. The molecule has 144 valence electrons. The molecule has 8 nitrogen and oxygen atoms in total. The Balaban J connectivity index is 1.67. The van der Waals surface area contributed by atoms with E-state index in [9.17, 15) is 28.1 Å². The van der Waals surface area contributed by atoms with Crippen LogP contribution in [0.4, 0.5) is 24.5 Å². The Morgan fingerprint density at radius 1 is 1.29 bits per heavy atom. The van der Waals surface area contributed by atoms with Crippen LogP contribution in [0, 0.1) is 15.9 Å². The molecule has 0 aliphatic heterocycles. The summed E-state index contributed by atoms with van der Waals surface area (Å²) in [6.45, 7) is 0. The number of nitrogens with zero attached hydrogens (tertiary/aromatic N) is 4. The number of rotatable bonds is 5. The zero-order valence-electron chi connectivity index (χ0n) is 14.1. The van der Waals surface area contributed by atoms with E-state index in [1.54, 1.807) is 0 Å². The predicted molar refractivity (Wildman–Crippen MR) is 90.9 cm³/mol. The number of nitrogens with one attached hydrogen (secondary N) is 1. The molecule has 1 amide bonds. The average Bonchev–Trinajstić information content (AvgIpc) is 3.40. The van der Waals surface area contributed by atoms with Gasteiger partial charge in [-0.05, 0) is 31.0 Å². The van der Waals surface area contributed by atoms with Gasteiger partial charge in [0.1, 0.15) is 5.69 Å². The lowest BCUT2D eigenvalue weighted by Gasteiger charge is -2.06. The van der Waals surface area contributed by atoms with Crippen LogP contribution in [-0.4, -0.2) is 25.4 Å². The summed E-state index contributed by atoms with van der Waals surface area (Å²) in [7, 11) is 0. The van der Waals surface area contributed by atoms with E-state index >= 15 is 0 Å². The average molecular weight is 391 g/mol. The van der Waals surface area contributed by atoms with E-state index in [1.165, 1.54) is 12.1 Å². The number of benzene rings is 1. The van der Waals surface area contributed by atoms with Gasteiger partial charge in [-0.25, -0.2) is 18.3 Å². The Hall–Kier alpha value is -3.50. The van der Waals surface area contributed by atoms with Crippen LogP contribution in [0.15, 0.2) is 30.3 Å². The Morgan fingerprint density at radius 2 is 2.04 bits per heavy atom. The van der Waals surface area contributed by atoms with Gasteiger partial charge in [0.2, 0.25) is 5.82 Å². The van der Waals surface area contributed by atoms with Crippen molar-refractivity contribution in [2.45, 2.75) is 25.2 Å². The highest BCUT2D eigenvalue weighted by Crippen LogP contribution is 2.40. The minimum Gasteiger partial charge on any atom is -0.320 e. The molecule has 1 aliphatic rings. The third-order valence-corrected chi connectivity index (χ3v) is 4.33. The topological polar surface area (TPSA) is 102 Å². The maximum atomic E-state index is 13.4. The highest BCUT2D eigenvalue weighted by Gasteiger charge is 2.28. The standard InChI is InChI=1S/C17H12F3N5O3/c18-10-4-3-9(5-13(10)25(27)28)21-17(26)12-7-15-22-11(8-1-2-8)6-14(16(19)20)24(15)23-12/h3-8,16H,1-2H2,(H,21,26). The van der Waals surface area contributed by atoms with Crippen molar-refractivity contribution in [2.75, 3.05) is 5.32 Å². The zero-order chi connectivity index (χ0) is 20.0. The van der Waals surface area contributed by atoms with E-state index in [0.717, 1.165) is 35.6 Å². The predicted octanol–water partition coefficient (Wildman–Crippen LogP) is 3.84. The number of carbonyl (C=O) groups excluding carboxylic acids is 1. The molecule has 0 atom stereocenters. The van der Waals surface area contributed by atoms with Gasteiger partial charge in [-0.2, -0.15) is 9.49 Å². The SMILES string of the molecule is O=C(Nc1ccc(F)c([N+](=O)[O-])c1)c1cc2nc(C3CC3)cc(C(F)F)n2n1. The number of anilines is 1. The van der Waals surface area contributed by atoms with Crippen molar-refractivity contribution in [3.8, 4) is 0 Å². The van der Waals surface area contributed by atoms with Crippen molar-refractivity contribution in [3.05, 3.63) is 63.3 Å². The fourth-order valence-electron chi connectivity index (χ4n) is 2.80. The molecule has 3 aromatic rings. The van der Waals surface area contributed by atoms with Crippen LogP contribution in [0.1, 0.15) is 47.1 Å². The maximum absolute atomic E-state index is 13.4. The zero-order valence-corrected chi connectivity index (χ0v) is 14.1. The maximum Gasteiger partial charge on any atom is 0.306 e. The highest BCUT2D eigenvalue weighted by atomic mass is 19.3. The smallest absolute Gasteiger partial charge is 0.306 e. The van der Waals surface area contributed by atoms with E-state index < -0.39 is 28.8 Å². The Labute approximate surface area is 155 Å². The molecule has 1 fully saturated rings. The number of nitro groups is 1. The number of nitro benzene ring substituents is 1. The van der Waals surface area contributed by atoms with E-state index in [0.29, 0.717) is 5.69 Å². The molecule has 0 spiro atoms. The van der Waals surface area contributed by atoms with Crippen LogP contribution in [0.25, 0.3) is 5.65 Å². The Bertz CT molecular complexity index is 1110. The van der Waals surface area contributed by atoms with E-state index in [1.807, 2.05) is 0 Å². The molecule has 0 radical (unpaired) electrons. The largest absolute Gasteiger partial charge is 0.320 e. The fraction of sp³-hybridized carbons (Fsp3) is 0.235. The quantitative estimate of drug-likeness (QED) is 0.526. The van der Waals surface area contributed by atoms with Crippen molar-refractivity contribution in [1.82, 2.24) is 14.6 Å². The minimum absolute atomic E-state index is 0.0316. The first-order valence-electron chi connectivity index (χ1n) is 8.27. The third kappa shape index (κ3) is 3.26. The summed E-state index contributed by atoms with van der Waals surface area (Å²) >= 11 is 0. The third-order valence-electron chi connectivity index (χ3n) is 4.33. The number of alkyl halides is 2. The molecule has 1 saturated carbocycles. The first-order chi connectivity index (χ1) is 13.3. The van der Waals surface area contributed by atoms with E-state index in [4.69, 9.17) is 0 Å². The first kappa shape index (κ1) is 17.9. The molecule has 0 saturated heterocycles. The fourth-order valence-corrected chi connectivity index (χ4v) is 2.80. The van der Waals surface area contributed by atoms with Crippen LogP contribution in [-0.2, 0) is 0 Å². The highest BCUT2D eigenvalue weighted by molar-refractivity contribution is 6.03. The Kier molecular flexibility index (Phi) is 4.21. The second-order valence-corrected chi connectivity index (χ2v) is 6.36. The molecular formula is C17H12F3N5O3. The summed E-state index contributed by atoms with van der Waals surface area (Å²) in [5, 5.41) is 17.0. The molecule has 1 aromatic carbocycles. The van der Waals surface area contributed by atoms with Crippen LogP contribution in [0.2, 0.25) is 0 Å². The molecule has 0 unspecified atom stereocenters. The summed E-state index contributed by atoms with van der Waals surface area (Å²) < 4.78 is 41.1. The normalized spacial score (nSPS) is 13.9. The summed E-state index contributed by atoms with van der Waals surface area (Å²) in [5.41, 5.74) is -0.768. The molecule has 28 heavy (non-hydrogen) atoms. The summed E-state index contributed by atoms with van der Waals surface area (Å²) in [6.07, 6.45) is -1.06. The lowest BCUT2D eigenvalue weighted by molar-refractivity contribution is -0.387. The van der Waals surface area contributed by atoms with E-state index in [-0.39, 0.29) is 28.6 Å². The second kappa shape index (κ2) is 6.59. The van der Waals surface area contributed by atoms with Crippen LogP contribution < -0.4 is 5.32 Å². The van der Waals surface area contributed by atoms with Crippen LogP contribution in [0.5, 0.6) is 0 Å². The van der Waals surface area contributed by atoms with Gasteiger partial charge in [-0.1, -0.05) is 0 Å². The van der Waals surface area contributed by atoms with Gasteiger partial charge >= 0.3 is 5.69 Å². The van der Waals surface area contributed by atoms with Gasteiger partial charge in [-0.15, -0.1) is 0 Å². The van der Waals surface area contributed by atoms with Crippen molar-refractivity contribution in [1.29, 1.82) is 0 Å². The van der Waals surface area contributed by atoms with Crippen molar-refractivity contribution in [3.63, 3.8) is 0 Å². The number of carbonyl (C=O) groups is 1. The van der Waals surface area contributed by atoms with Crippen molar-refractivity contribution >= 4 is 22.9 Å². The van der Waals surface area contributed by atoms with Crippen molar-refractivity contribution < 1.29 is 22.9 Å². The van der Waals surface area contributed by atoms with Gasteiger partial charge in [0.25, 0.3) is 12.3 Å². The van der Waals surface area contributed by atoms with Gasteiger partial charge in [0.15, 0.2) is 11.3 Å². The van der Waals surface area contributed by atoms with Crippen LogP contribution >= 0.6 is 0 Å². The lowest BCUT2D eigenvalue weighted by atomic mass is 10.2. The van der Waals surface area contributed by atoms with Gasteiger partial charge < -0.3 is 5.32 Å². The molecule has 11 heteroatoms. The summed E-state index contributed by atoms with van der Waals surface area (Å²) in [4.78, 5) is 26.6. The van der Waals surface area contributed by atoms with Gasteiger partial charge in [0.05, 0.1) is 4.92 Å². The second-order valence-electron chi connectivity index (χ2n) is 6.36. The number of aromatic nitrogens is 3. The van der Waals surface area contributed by atoms with Gasteiger partial charge in [-0.3, -0.25) is 14.9 Å². The molecular weight excluding hydrogens is 379 g/mol. The number of hydrogen-bond donors (Lipinski definition) is 1. The number of amides is 1. The van der Waals surface area contributed by atoms with Gasteiger partial charge in [0, 0.05) is 29.4 Å². The number of fused-ring (bicyclic) bond motifs is 1. The molecule has 2 aromatic heterocycles. The number of halogens is 3. The molecule has 4 rings (SSSR count). The molecule has 0 bridgehead atoms. The lowest BCUT2D eigenvalue weighted by Crippen LogP contribution is -2.13.